The molecule has 3 nitrogen and oxygen atoms in total. The Kier molecular flexibility index (Phi) is 5.25. The number of likely N-dealkylation sites (tertiary alicyclic amines) is 1. The van der Waals surface area contributed by atoms with E-state index < -0.39 is 0 Å². The molecule has 16 heavy (non-hydrogen) atoms. The summed E-state index contributed by atoms with van der Waals surface area (Å²) in [5.41, 5.74) is 5.62. The van der Waals surface area contributed by atoms with Gasteiger partial charge in [-0.25, -0.2) is 4.98 Å². The van der Waals surface area contributed by atoms with Crippen molar-refractivity contribution in [2.24, 2.45) is 0 Å². The number of nitrogens with two attached hydrogens (primary N) is 1. The monoisotopic (exact) mass is 259 g/mol. The Morgan fingerprint density at radius 2 is 2.44 bits per heavy atom. The van der Waals surface area contributed by atoms with Gasteiger partial charge in [0.1, 0.15) is 0 Å². The second kappa shape index (κ2) is 6.23. The van der Waals surface area contributed by atoms with Gasteiger partial charge in [0.2, 0.25) is 0 Å². The summed E-state index contributed by atoms with van der Waals surface area (Å²) >= 11 is 1.58. The van der Waals surface area contributed by atoms with Crippen LogP contribution in [-0.2, 0) is 6.54 Å². The number of rotatable bonds is 3. The smallest absolute Gasteiger partial charge is 0.180 e. The molecule has 0 bridgehead atoms. The Morgan fingerprint density at radius 1 is 1.62 bits per heavy atom. The van der Waals surface area contributed by atoms with E-state index in [-0.39, 0.29) is 12.4 Å². The van der Waals surface area contributed by atoms with Crippen LogP contribution in [0.1, 0.15) is 24.1 Å². The summed E-state index contributed by atoms with van der Waals surface area (Å²) in [6.07, 6.45) is 7.78. The number of anilines is 1. The number of hydrogen-bond donors (Lipinski definition) is 1. The average molecular weight is 260 g/mol. The quantitative estimate of drug-likeness (QED) is 0.849. The standard InChI is InChI=1S/C11H17N3S.ClH/c1-2-9-5-3-4-6-14(9)8-10-7-13-11(12)15-10;/h2,7,9H,1,3-6,8H2,(H2,12,13);1H. The van der Waals surface area contributed by atoms with Gasteiger partial charge in [-0.3, -0.25) is 4.90 Å². The highest BCUT2D eigenvalue weighted by molar-refractivity contribution is 7.15. The minimum absolute atomic E-state index is 0. The molecule has 0 aromatic carbocycles. The van der Waals surface area contributed by atoms with Crippen molar-refractivity contribution >= 4 is 28.9 Å². The zero-order valence-corrected chi connectivity index (χ0v) is 10.9. The molecule has 0 spiro atoms. The van der Waals surface area contributed by atoms with E-state index in [0.29, 0.717) is 11.2 Å². The van der Waals surface area contributed by atoms with E-state index in [1.807, 2.05) is 6.20 Å². The second-order valence-electron chi connectivity index (χ2n) is 3.93. The van der Waals surface area contributed by atoms with Crippen LogP contribution in [-0.4, -0.2) is 22.5 Å². The molecule has 0 aliphatic carbocycles. The molecule has 1 fully saturated rings. The first-order valence-electron chi connectivity index (χ1n) is 5.36. The Labute approximate surface area is 107 Å². The van der Waals surface area contributed by atoms with Gasteiger partial charge in [0, 0.05) is 23.7 Å². The summed E-state index contributed by atoms with van der Waals surface area (Å²) in [4.78, 5) is 7.79. The van der Waals surface area contributed by atoms with Crippen molar-refractivity contribution in [3.05, 3.63) is 23.7 Å². The molecule has 2 heterocycles. The maximum Gasteiger partial charge on any atom is 0.180 e. The van der Waals surface area contributed by atoms with Crippen LogP contribution in [0.4, 0.5) is 5.13 Å². The molecule has 1 aromatic heterocycles. The van der Waals surface area contributed by atoms with E-state index in [9.17, 15) is 0 Å². The van der Waals surface area contributed by atoms with Gasteiger partial charge in [-0.05, 0) is 19.4 Å². The molecule has 1 atom stereocenters. The molecule has 0 amide bonds. The van der Waals surface area contributed by atoms with Gasteiger partial charge in [-0.1, -0.05) is 12.5 Å². The van der Waals surface area contributed by atoms with Crippen molar-refractivity contribution < 1.29 is 0 Å². The SMILES string of the molecule is C=CC1CCCCN1Cc1cnc(N)s1.Cl. The lowest BCUT2D eigenvalue weighted by molar-refractivity contribution is 0.173. The minimum Gasteiger partial charge on any atom is -0.375 e. The number of aromatic nitrogens is 1. The maximum atomic E-state index is 5.62. The molecule has 1 unspecified atom stereocenters. The minimum atomic E-state index is 0. The van der Waals surface area contributed by atoms with E-state index in [0.717, 1.165) is 13.1 Å². The first kappa shape index (κ1) is 13.5. The van der Waals surface area contributed by atoms with Crippen molar-refractivity contribution in [3.8, 4) is 0 Å². The third kappa shape index (κ3) is 3.20. The van der Waals surface area contributed by atoms with Gasteiger partial charge >= 0.3 is 0 Å². The molecular formula is C11H18ClN3S. The van der Waals surface area contributed by atoms with Crippen LogP contribution >= 0.6 is 23.7 Å². The van der Waals surface area contributed by atoms with Gasteiger partial charge in [-0.15, -0.1) is 30.3 Å². The Hall–Kier alpha value is -0.580. The topological polar surface area (TPSA) is 42.2 Å². The third-order valence-electron chi connectivity index (χ3n) is 2.87. The van der Waals surface area contributed by atoms with Crippen LogP contribution in [0.15, 0.2) is 18.9 Å². The molecule has 5 heteroatoms. The first-order valence-corrected chi connectivity index (χ1v) is 6.18. The van der Waals surface area contributed by atoms with Crippen LogP contribution < -0.4 is 5.73 Å². The number of hydrogen-bond acceptors (Lipinski definition) is 4. The van der Waals surface area contributed by atoms with E-state index in [1.165, 1.54) is 24.1 Å². The van der Waals surface area contributed by atoms with Crippen LogP contribution in [0.3, 0.4) is 0 Å². The highest BCUT2D eigenvalue weighted by atomic mass is 35.5. The normalized spacial score (nSPS) is 21.4. The van der Waals surface area contributed by atoms with Gasteiger partial charge in [0.05, 0.1) is 0 Å². The number of halogens is 1. The predicted octanol–water partition coefficient (Wildman–Crippen LogP) is 2.69. The van der Waals surface area contributed by atoms with Crippen molar-refractivity contribution in [3.63, 3.8) is 0 Å². The van der Waals surface area contributed by atoms with Crippen molar-refractivity contribution in [2.45, 2.75) is 31.8 Å². The molecule has 1 saturated heterocycles. The van der Waals surface area contributed by atoms with E-state index in [4.69, 9.17) is 5.73 Å². The van der Waals surface area contributed by atoms with E-state index in [2.05, 4.69) is 22.5 Å². The van der Waals surface area contributed by atoms with E-state index >= 15 is 0 Å². The molecule has 1 aromatic rings. The molecule has 1 aliphatic heterocycles. The Balaban J connectivity index is 0.00000128. The molecule has 90 valence electrons. The number of nitrogen functional groups attached to an aromatic ring is 1. The van der Waals surface area contributed by atoms with Crippen LogP contribution in [0.25, 0.3) is 0 Å². The predicted molar refractivity (Wildman–Crippen MR) is 72.0 cm³/mol. The van der Waals surface area contributed by atoms with Crippen molar-refractivity contribution in [1.82, 2.24) is 9.88 Å². The third-order valence-corrected chi connectivity index (χ3v) is 3.68. The van der Waals surface area contributed by atoms with Gasteiger partial charge in [0.25, 0.3) is 0 Å². The molecule has 2 rings (SSSR count). The first-order chi connectivity index (χ1) is 7.29. The van der Waals surface area contributed by atoms with Crippen LogP contribution in [0.5, 0.6) is 0 Å². The van der Waals surface area contributed by atoms with Gasteiger partial charge in [0.15, 0.2) is 5.13 Å². The fourth-order valence-electron chi connectivity index (χ4n) is 2.08. The zero-order valence-electron chi connectivity index (χ0n) is 9.26. The lowest BCUT2D eigenvalue weighted by Gasteiger charge is -2.33. The van der Waals surface area contributed by atoms with E-state index in [1.54, 1.807) is 11.3 Å². The summed E-state index contributed by atoms with van der Waals surface area (Å²) in [7, 11) is 0. The van der Waals surface area contributed by atoms with Gasteiger partial charge < -0.3 is 5.73 Å². The number of nitrogens with zero attached hydrogens (tertiary/aromatic N) is 2. The molecule has 2 N–H and O–H groups in total. The van der Waals surface area contributed by atoms with Crippen molar-refractivity contribution in [2.75, 3.05) is 12.3 Å². The largest absolute Gasteiger partial charge is 0.375 e. The fourth-order valence-corrected chi connectivity index (χ4v) is 2.79. The summed E-state index contributed by atoms with van der Waals surface area (Å²) in [5.74, 6) is 0. The average Bonchev–Trinajstić information content (AvgIpc) is 2.65. The maximum absolute atomic E-state index is 5.62. The summed E-state index contributed by atoms with van der Waals surface area (Å²) in [6.45, 7) is 6.03. The molecule has 1 aliphatic rings. The summed E-state index contributed by atoms with van der Waals surface area (Å²) < 4.78 is 0. The van der Waals surface area contributed by atoms with Gasteiger partial charge in [-0.2, -0.15) is 0 Å². The highest BCUT2D eigenvalue weighted by Gasteiger charge is 2.20. The molecule has 0 saturated carbocycles. The lowest BCUT2D eigenvalue weighted by Crippen LogP contribution is -2.37. The lowest BCUT2D eigenvalue weighted by atomic mass is 10.0. The fraction of sp³-hybridized carbons (Fsp3) is 0.545. The Morgan fingerprint density at radius 3 is 3.06 bits per heavy atom. The van der Waals surface area contributed by atoms with Crippen LogP contribution in [0.2, 0.25) is 0 Å². The number of piperidine rings is 1. The molecule has 0 radical (unpaired) electrons. The second-order valence-corrected chi connectivity index (χ2v) is 5.08. The Bertz CT molecular complexity index is 340. The summed E-state index contributed by atoms with van der Waals surface area (Å²) in [5, 5.41) is 0.664. The number of thiazole rings is 1. The zero-order chi connectivity index (χ0) is 10.7. The highest BCUT2D eigenvalue weighted by Crippen LogP contribution is 2.23. The van der Waals surface area contributed by atoms with Crippen LogP contribution in [0, 0.1) is 0 Å². The summed E-state index contributed by atoms with van der Waals surface area (Å²) in [6, 6.07) is 0.530. The van der Waals surface area contributed by atoms with Crippen molar-refractivity contribution in [1.29, 1.82) is 0 Å². The molecular weight excluding hydrogens is 242 g/mol.